The average Bonchev–Trinajstić information content (AvgIpc) is 3.27. The summed E-state index contributed by atoms with van der Waals surface area (Å²) in [6, 6.07) is 1.38. The van der Waals surface area contributed by atoms with Gasteiger partial charge in [-0.05, 0) is 31.7 Å². The molecule has 0 bridgehead atoms. The molecule has 3 aromatic heterocycles. The van der Waals surface area contributed by atoms with Crippen LogP contribution in [0.25, 0.3) is 5.78 Å². The molecule has 1 saturated heterocycles. The van der Waals surface area contributed by atoms with Crippen molar-refractivity contribution in [1.29, 1.82) is 0 Å². The molecular weight excluding hydrogens is 370 g/mol. The number of hydrogen-bond donors (Lipinski definition) is 0. The maximum Gasteiger partial charge on any atom is 0.280 e. The van der Waals surface area contributed by atoms with Gasteiger partial charge < -0.3 is 9.42 Å². The summed E-state index contributed by atoms with van der Waals surface area (Å²) in [4.78, 5) is 22.6. The van der Waals surface area contributed by atoms with Gasteiger partial charge in [-0.25, -0.2) is 18.3 Å². The number of likely N-dealkylation sites (tertiary alicyclic amines) is 1. The predicted molar refractivity (Wildman–Crippen MR) is 94.0 cm³/mol. The summed E-state index contributed by atoms with van der Waals surface area (Å²) >= 11 is 0. The highest BCUT2D eigenvalue weighted by Crippen LogP contribution is 2.33. The number of carbonyl (C=O) groups is 1. The molecule has 1 fully saturated rings. The van der Waals surface area contributed by atoms with Crippen molar-refractivity contribution in [2.24, 2.45) is 5.92 Å². The molecule has 3 aromatic rings. The summed E-state index contributed by atoms with van der Waals surface area (Å²) in [5.74, 6) is 0.409. The third-order valence-electron chi connectivity index (χ3n) is 5.36. The third-order valence-corrected chi connectivity index (χ3v) is 5.36. The van der Waals surface area contributed by atoms with Gasteiger partial charge in [0.1, 0.15) is 23.3 Å². The van der Waals surface area contributed by atoms with Crippen LogP contribution in [-0.4, -0.2) is 48.6 Å². The van der Waals surface area contributed by atoms with E-state index in [4.69, 9.17) is 4.52 Å². The number of nitrogens with zero attached hydrogens (tertiary/aromatic N) is 6. The van der Waals surface area contributed by atoms with Gasteiger partial charge in [0.25, 0.3) is 18.1 Å². The van der Waals surface area contributed by atoms with E-state index in [-0.39, 0.29) is 29.2 Å². The predicted octanol–water partition coefficient (Wildman–Crippen LogP) is 3.01. The summed E-state index contributed by atoms with van der Waals surface area (Å²) in [6.45, 7) is 4.72. The number of carbonyl (C=O) groups excluding carboxylic acids is 1. The molecule has 0 aromatic carbocycles. The van der Waals surface area contributed by atoms with Gasteiger partial charge in [0.2, 0.25) is 0 Å². The SMILES string of the molecule is Cc1oncc1C(=O)N1CCC[C@@H](C)[C@H](c2cc(C(F)F)nc3ncnn23)C1. The number of aryl methyl sites for hydroxylation is 1. The molecule has 2 atom stereocenters. The van der Waals surface area contributed by atoms with Crippen LogP contribution >= 0.6 is 0 Å². The number of rotatable bonds is 3. The summed E-state index contributed by atoms with van der Waals surface area (Å²) in [5, 5.41) is 7.84. The average molecular weight is 390 g/mol. The lowest BCUT2D eigenvalue weighted by Crippen LogP contribution is -2.35. The van der Waals surface area contributed by atoms with Crippen LogP contribution in [0.5, 0.6) is 0 Å². The molecule has 0 spiro atoms. The topological polar surface area (TPSA) is 89.4 Å². The molecule has 0 saturated carbocycles. The van der Waals surface area contributed by atoms with Crippen LogP contribution < -0.4 is 0 Å². The summed E-state index contributed by atoms with van der Waals surface area (Å²) in [5.41, 5.74) is 0.675. The lowest BCUT2D eigenvalue weighted by atomic mass is 9.88. The van der Waals surface area contributed by atoms with Gasteiger partial charge >= 0.3 is 0 Å². The zero-order valence-corrected chi connectivity index (χ0v) is 15.5. The number of halogens is 2. The van der Waals surface area contributed by atoms with Crippen molar-refractivity contribution in [2.45, 2.75) is 39.0 Å². The molecule has 0 radical (unpaired) electrons. The fourth-order valence-electron chi connectivity index (χ4n) is 3.79. The Morgan fingerprint density at radius 1 is 1.39 bits per heavy atom. The van der Waals surface area contributed by atoms with Crippen molar-refractivity contribution in [1.82, 2.24) is 29.6 Å². The van der Waals surface area contributed by atoms with E-state index < -0.39 is 6.43 Å². The molecule has 10 heteroatoms. The van der Waals surface area contributed by atoms with Gasteiger partial charge in [-0.3, -0.25) is 4.79 Å². The van der Waals surface area contributed by atoms with Gasteiger partial charge in [-0.2, -0.15) is 10.1 Å². The lowest BCUT2D eigenvalue weighted by Gasteiger charge is -2.27. The number of alkyl halides is 2. The van der Waals surface area contributed by atoms with Crippen molar-refractivity contribution < 1.29 is 18.1 Å². The molecule has 1 aliphatic rings. The van der Waals surface area contributed by atoms with Gasteiger partial charge in [0, 0.05) is 19.0 Å². The molecule has 4 heterocycles. The van der Waals surface area contributed by atoms with Crippen LogP contribution in [0.3, 0.4) is 0 Å². The van der Waals surface area contributed by atoms with E-state index in [0.717, 1.165) is 12.8 Å². The molecule has 0 aliphatic carbocycles. The molecule has 8 nitrogen and oxygen atoms in total. The molecule has 0 unspecified atom stereocenters. The van der Waals surface area contributed by atoms with E-state index in [0.29, 0.717) is 30.1 Å². The maximum absolute atomic E-state index is 13.4. The molecule has 28 heavy (non-hydrogen) atoms. The van der Waals surface area contributed by atoms with Gasteiger partial charge in [-0.1, -0.05) is 12.1 Å². The summed E-state index contributed by atoms with van der Waals surface area (Å²) < 4.78 is 33.2. The van der Waals surface area contributed by atoms with E-state index in [1.807, 2.05) is 0 Å². The first-order valence-electron chi connectivity index (χ1n) is 9.15. The molecule has 0 N–H and O–H groups in total. The summed E-state index contributed by atoms with van der Waals surface area (Å²) in [6.07, 6.45) is 1.68. The zero-order chi connectivity index (χ0) is 19.8. The van der Waals surface area contributed by atoms with E-state index in [1.165, 1.54) is 23.1 Å². The minimum atomic E-state index is -2.71. The first-order valence-corrected chi connectivity index (χ1v) is 9.15. The fourth-order valence-corrected chi connectivity index (χ4v) is 3.79. The Balaban J connectivity index is 1.73. The first kappa shape index (κ1) is 18.5. The maximum atomic E-state index is 13.4. The van der Waals surface area contributed by atoms with Crippen LogP contribution in [-0.2, 0) is 0 Å². The Morgan fingerprint density at radius 3 is 2.93 bits per heavy atom. The highest BCUT2D eigenvalue weighted by atomic mass is 19.3. The standard InChI is InChI=1S/C18H20F2N6O2/c1-10-4-3-5-25(17(27)12-7-23-28-11(12)2)8-13(10)15-6-14(16(19)20)24-18-21-9-22-26(15)18/h6-7,9-10,13,16H,3-5,8H2,1-2H3/t10-,13-/m1/s1. The first-order chi connectivity index (χ1) is 13.5. The second-order valence-electron chi connectivity index (χ2n) is 7.15. The van der Waals surface area contributed by atoms with E-state index >= 15 is 0 Å². The van der Waals surface area contributed by atoms with Crippen LogP contribution in [0.2, 0.25) is 0 Å². The summed E-state index contributed by atoms with van der Waals surface area (Å²) in [7, 11) is 0. The minimum Gasteiger partial charge on any atom is -0.361 e. The largest absolute Gasteiger partial charge is 0.361 e. The quantitative estimate of drug-likeness (QED) is 0.683. The second-order valence-corrected chi connectivity index (χ2v) is 7.15. The number of aromatic nitrogens is 5. The van der Waals surface area contributed by atoms with Crippen LogP contribution in [0, 0.1) is 12.8 Å². The molecule has 4 rings (SSSR count). The number of hydrogen-bond acceptors (Lipinski definition) is 6. The number of fused-ring (bicyclic) bond motifs is 1. The highest BCUT2D eigenvalue weighted by Gasteiger charge is 2.32. The fraction of sp³-hybridized carbons (Fsp3) is 0.500. The molecule has 1 amide bonds. The highest BCUT2D eigenvalue weighted by molar-refractivity contribution is 5.94. The van der Waals surface area contributed by atoms with Gasteiger partial charge in [0.05, 0.1) is 11.9 Å². The van der Waals surface area contributed by atoms with E-state index in [2.05, 4.69) is 27.1 Å². The van der Waals surface area contributed by atoms with Crippen molar-refractivity contribution in [2.75, 3.05) is 13.1 Å². The zero-order valence-electron chi connectivity index (χ0n) is 15.5. The molecule has 1 aliphatic heterocycles. The van der Waals surface area contributed by atoms with Crippen LogP contribution in [0.1, 0.15) is 59.6 Å². The molecular formula is C18H20F2N6O2. The third kappa shape index (κ3) is 3.23. The van der Waals surface area contributed by atoms with E-state index in [1.54, 1.807) is 11.8 Å². The van der Waals surface area contributed by atoms with Gasteiger partial charge in [0.15, 0.2) is 0 Å². The Labute approximate surface area is 159 Å². The minimum absolute atomic E-state index is 0.136. The number of amides is 1. The second kappa shape index (κ2) is 7.25. The Kier molecular flexibility index (Phi) is 4.78. The Bertz CT molecular complexity index is 1000. The van der Waals surface area contributed by atoms with Crippen molar-refractivity contribution in [3.8, 4) is 0 Å². The lowest BCUT2D eigenvalue weighted by molar-refractivity contribution is 0.0749. The van der Waals surface area contributed by atoms with Crippen LogP contribution in [0.15, 0.2) is 23.1 Å². The van der Waals surface area contributed by atoms with Crippen molar-refractivity contribution >= 4 is 11.7 Å². The molecule has 148 valence electrons. The van der Waals surface area contributed by atoms with Crippen molar-refractivity contribution in [3.05, 3.63) is 41.3 Å². The monoisotopic (exact) mass is 390 g/mol. The van der Waals surface area contributed by atoms with Crippen molar-refractivity contribution in [3.63, 3.8) is 0 Å². The van der Waals surface area contributed by atoms with E-state index in [9.17, 15) is 13.6 Å². The Morgan fingerprint density at radius 2 is 2.21 bits per heavy atom. The normalized spacial score (nSPS) is 20.7. The smallest absolute Gasteiger partial charge is 0.280 e. The van der Waals surface area contributed by atoms with Gasteiger partial charge in [-0.15, -0.1) is 0 Å². The Hall–Kier alpha value is -2.91. The van der Waals surface area contributed by atoms with Crippen LogP contribution in [0.4, 0.5) is 8.78 Å².